The second kappa shape index (κ2) is 4.17. The Morgan fingerprint density at radius 1 is 1.47 bits per heavy atom. The predicted octanol–water partition coefficient (Wildman–Crippen LogP) is 2.15. The van der Waals surface area contributed by atoms with Crippen molar-refractivity contribution < 1.29 is 0 Å². The van der Waals surface area contributed by atoms with Crippen LogP contribution in [-0.2, 0) is 12.8 Å². The SMILES string of the molecule is N#Cc1c(NC(N)=S)sc2c1CCCC2. The molecule has 1 aliphatic rings. The molecule has 0 amide bonds. The molecule has 3 nitrogen and oxygen atoms in total. The van der Waals surface area contributed by atoms with E-state index >= 15 is 0 Å². The van der Waals surface area contributed by atoms with Gasteiger partial charge in [0.15, 0.2) is 5.11 Å². The number of rotatable bonds is 1. The van der Waals surface area contributed by atoms with Gasteiger partial charge in [0.2, 0.25) is 0 Å². The summed E-state index contributed by atoms with van der Waals surface area (Å²) in [6, 6.07) is 2.24. The first kappa shape index (κ1) is 10.4. The molecular weight excluding hydrogens is 226 g/mol. The average molecular weight is 237 g/mol. The van der Waals surface area contributed by atoms with Crippen LogP contribution in [0.5, 0.6) is 0 Å². The van der Waals surface area contributed by atoms with E-state index in [9.17, 15) is 0 Å². The van der Waals surface area contributed by atoms with Crippen molar-refractivity contribution in [2.24, 2.45) is 5.73 Å². The van der Waals surface area contributed by atoms with Crippen molar-refractivity contribution in [3.63, 3.8) is 0 Å². The Morgan fingerprint density at radius 2 is 2.20 bits per heavy atom. The monoisotopic (exact) mass is 237 g/mol. The maximum absolute atomic E-state index is 9.11. The van der Waals surface area contributed by atoms with Gasteiger partial charge in [0.1, 0.15) is 11.1 Å². The number of fused-ring (bicyclic) bond motifs is 1. The zero-order valence-electron chi connectivity index (χ0n) is 8.17. The maximum atomic E-state index is 9.11. The second-order valence-corrected chi connectivity index (χ2v) is 5.06. The highest BCUT2D eigenvalue weighted by atomic mass is 32.1. The number of nitriles is 1. The van der Waals surface area contributed by atoms with E-state index in [-0.39, 0.29) is 5.11 Å². The van der Waals surface area contributed by atoms with Gasteiger partial charge in [-0.1, -0.05) is 0 Å². The van der Waals surface area contributed by atoms with Crippen molar-refractivity contribution in [1.82, 2.24) is 0 Å². The summed E-state index contributed by atoms with van der Waals surface area (Å²) in [6.07, 6.45) is 4.47. The number of thiophene rings is 1. The van der Waals surface area contributed by atoms with Crippen molar-refractivity contribution >= 4 is 33.7 Å². The quantitative estimate of drug-likeness (QED) is 0.735. The third-order valence-electron chi connectivity index (χ3n) is 2.52. The van der Waals surface area contributed by atoms with Crippen LogP contribution in [0.4, 0.5) is 5.00 Å². The molecule has 0 saturated carbocycles. The van der Waals surface area contributed by atoms with E-state index < -0.39 is 0 Å². The zero-order chi connectivity index (χ0) is 10.8. The van der Waals surface area contributed by atoms with E-state index in [1.807, 2.05) is 0 Å². The topological polar surface area (TPSA) is 61.8 Å². The zero-order valence-corrected chi connectivity index (χ0v) is 9.80. The van der Waals surface area contributed by atoms with E-state index in [0.29, 0.717) is 0 Å². The van der Waals surface area contributed by atoms with E-state index in [0.717, 1.165) is 23.4 Å². The molecular formula is C10H11N3S2. The van der Waals surface area contributed by atoms with E-state index in [4.69, 9.17) is 23.2 Å². The van der Waals surface area contributed by atoms with Gasteiger partial charge in [-0.3, -0.25) is 0 Å². The van der Waals surface area contributed by atoms with Crippen LogP contribution < -0.4 is 11.1 Å². The van der Waals surface area contributed by atoms with E-state index in [2.05, 4.69) is 11.4 Å². The summed E-state index contributed by atoms with van der Waals surface area (Å²) in [5.41, 5.74) is 7.36. The molecule has 15 heavy (non-hydrogen) atoms. The molecule has 0 radical (unpaired) electrons. The Hall–Kier alpha value is -1.12. The van der Waals surface area contributed by atoms with Crippen LogP contribution in [0, 0.1) is 11.3 Å². The Bertz CT molecular complexity index is 442. The molecule has 0 atom stereocenters. The maximum Gasteiger partial charge on any atom is 0.168 e. The van der Waals surface area contributed by atoms with Gasteiger partial charge in [0.25, 0.3) is 0 Å². The Balaban J connectivity index is 2.43. The number of nitrogens with zero attached hydrogens (tertiary/aromatic N) is 1. The number of aryl methyl sites for hydroxylation is 1. The van der Waals surface area contributed by atoms with Gasteiger partial charge in [-0.15, -0.1) is 11.3 Å². The summed E-state index contributed by atoms with van der Waals surface area (Å²) in [4.78, 5) is 1.32. The highest BCUT2D eigenvalue weighted by Gasteiger charge is 2.20. The van der Waals surface area contributed by atoms with Crippen molar-refractivity contribution in [3.8, 4) is 6.07 Å². The van der Waals surface area contributed by atoms with Crippen LogP contribution in [0.3, 0.4) is 0 Å². The molecule has 0 saturated heterocycles. The molecule has 5 heteroatoms. The summed E-state index contributed by atoms with van der Waals surface area (Å²) >= 11 is 6.40. The number of hydrogen-bond donors (Lipinski definition) is 2. The predicted molar refractivity (Wildman–Crippen MR) is 66.1 cm³/mol. The first-order valence-corrected chi connectivity index (χ1v) is 6.06. The summed E-state index contributed by atoms with van der Waals surface area (Å²) in [6.45, 7) is 0. The lowest BCUT2D eigenvalue weighted by atomic mass is 9.96. The number of anilines is 1. The second-order valence-electron chi connectivity index (χ2n) is 3.52. The summed E-state index contributed by atoms with van der Waals surface area (Å²) in [5, 5.41) is 13.0. The molecule has 1 aliphatic carbocycles. The number of nitrogens with one attached hydrogen (secondary N) is 1. The molecule has 3 N–H and O–H groups in total. The molecule has 1 heterocycles. The first-order valence-electron chi connectivity index (χ1n) is 4.83. The largest absolute Gasteiger partial charge is 0.376 e. The third-order valence-corrected chi connectivity index (χ3v) is 3.83. The summed E-state index contributed by atoms with van der Waals surface area (Å²) < 4.78 is 0. The molecule has 0 spiro atoms. The summed E-state index contributed by atoms with van der Waals surface area (Å²) in [5.74, 6) is 0. The fraction of sp³-hybridized carbons (Fsp3) is 0.400. The molecule has 0 fully saturated rings. The van der Waals surface area contributed by atoms with Gasteiger partial charge in [-0.2, -0.15) is 5.26 Å². The van der Waals surface area contributed by atoms with Gasteiger partial charge >= 0.3 is 0 Å². The van der Waals surface area contributed by atoms with Crippen LogP contribution in [0.2, 0.25) is 0 Å². The van der Waals surface area contributed by atoms with Gasteiger partial charge in [-0.05, 0) is 43.5 Å². The molecule has 0 aliphatic heterocycles. The lowest BCUT2D eigenvalue weighted by Gasteiger charge is -2.09. The van der Waals surface area contributed by atoms with Gasteiger partial charge in [0, 0.05) is 4.88 Å². The van der Waals surface area contributed by atoms with Crippen molar-refractivity contribution in [2.75, 3.05) is 5.32 Å². The van der Waals surface area contributed by atoms with Crippen LogP contribution in [0.1, 0.15) is 28.8 Å². The number of hydrogen-bond acceptors (Lipinski definition) is 3. The van der Waals surface area contributed by atoms with Gasteiger partial charge in [0.05, 0.1) is 5.56 Å². The molecule has 1 aromatic heterocycles. The molecule has 78 valence electrons. The highest BCUT2D eigenvalue weighted by molar-refractivity contribution is 7.80. The Kier molecular flexibility index (Phi) is 2.89. The van der Waals surface area contributed by atoms with Crippen molar-refractivity contribution in [1.29, 1.82) is 5.26 Å². The molecule has 0 aromatic carbocycles. The van der Waals surface area contributed by atoms with E-state index in [1.165, 1.54) is 23.3 Å². The van der Waals surface area contributed by atoms with Crippen LogP contribution >= 0.6 is 23.6 Å². The van der Waals surface area contributed by atoms with E-state index in [1.54, 1.807) is 11.3 Å². The molecule has 1 aromatic rings. The lowest BCUT2D eigenvalue weighted by molar-refractivity contribution is 0.696. The van der Waals surface area contributed by atoms with Crippen LogP contribution in [0.15, 0.2) is 0 Å². The van der Waals surface area contributed by atoms with Crippen LogP contribution in [-0.4, -0.2) is 5.11 Å². The molecule has 0 bridgehead atoms. The Labute approximate surface area is 97.9 Å². The summed E-state index contributed by atoms with van der Waals surface area (Å²) in [7, 11) is 0. The van der Waals surface area contributed by atoms with Crippen LogP contribution in [0.25, 0.3) is 0 Å². The number of nitrogens with two attached hydrogens (primary N) is 1. The third kappa shape index (κ3) is 1.96. The van der Waals surface area contributed by atoms with Gasteiger partial charge < -0.3 is 11.1 Å². The molecule has 2 rings (SSSR count). The minimum Gasteiger partial charge on any atom is -0.376 e. The van der Waals surface area contributed by atoms with Crippen molar-refractivity contribution in [3.05, 3.63) is 16.0 Å². The fourth-order valence-corrected chi connectivity index (χ4v) is 3.30. The average Bonchev–Trinajstić information content (AvgIpc) is 2.53. The lowest BCUT2D eigenvalue weighted by Crippen LogP contribution is -2.18. The van der Waals surface area contributed by atoms with Gasteiger partial charge in [-0.25, -0.2) is 0 Å². The number of thiocarbonyl (C=S) groups is 1. The Morgan fingerprint density at radius 3 is 2.87 bits per heavy atom. The van der Waals surface area contributed by atoms with Crippen molar-refractivity contribution in [2.45, 2.75) is 25.7 Å². The highest BCUT2D eigenvalue weighted by Crippen LogP contribution is 2.37. The minimum absolute atomic E-state index is 0.227. The smallest absolute Gasteiger partial charge is 0.168 e. The standard InChI is InChI=1S/C10H11N3S2/c11-5-7-6-3-1-2-4-8(6)15-9(7)13-10(12)14/h1-4H2,(H3,12,13,14). The molecule has 0 unspecified atom stereocenters. The minimum atomic E-state index is 0.227. The first-order chi connectivity index (χ1) is 7.22. The fourth-order valence-electron chi connectivity index (χ4n) is 1.88. The normalized spacial score (nSPS) is 14.1.